The van der Waals surface area contributed by atoms with E-state index >= 15 is 0 Å². The maximum atomic E-state index is 14.5. The van der Waals surface area contributed by atoms with Crippen LogP contribution in [-0.4, -0.2) is 194 Å². The zero-order valence-corrected chi connectivity index (χ0v) is 62.4. The summed E-state index contributed by atoms with van der Waals surface area (Å²) >= 11 is 0. The Balaban J connectivity index is 0.785. The number of amides is 6. The number of carbonyl (C=O) groups is 14. The van der Waals surface area contributed by atoms with E-state index in [2.05, 4.69) is 41.6 Å². The van der Waals surface area contributed by atoms with E-state index in [1.807, 2.05) is 4.57 Å². The number of urea groups is 1. The summed E-state index contributed by atoms with van der Waals surface area (Å²) in [5.74, 6) is -12.2. The zero-order valence-electron chi connectivity index (χ0n) is 60.8. The molecule has 2 aliphatic rings. The molecule has 112 heavy (non-hydrogen) atoms. The number of aryl methyl sites for hydroxylation is 1. The van der Waals surface area contributed by atoms with Crippen LogP contribution in [0.25, 0.3) is 22.0 Å². The quantitative estimate of drug-likeness (QED) is 0.00614. The number of aromatic nitrogens is 3. The van der Waals surface area contributed by atoms with Crippen molar-refractivity contribution in [1.82, 2.24) is 46.0 Å². The van der Waals surface area contributed by atoms with Crippen LogP contribution in [0.1, 0.15) is 111 Å². The van der Waals surface area contributed by atoms with Gasteiger partial charge in [-0.05, 0) is 73.9 Å². The number of benzene rings is 4. The standard InChI is InChI=1S/C75H86N10O25S2/c1-105-57-33-47-50(71(98)85(25-12-24-84-26-23-77-40-84)67-48-34-58-59(109-42-108-58)35-49(48)68(95)66(47)67)36-60(57)110-75(104)106-27-28-111-112-39-46(72(99)100)32-56(88)54(37-65(93)94)81-70(97)51(76)38-79-69(96)45(29-43-13-6-4-7-14-43)31-55(87)53(30-44-15-8-5-9-16-44)80-62(90)17-10-2-3-11-22-78-61(89)19-18-52(73(101)102)82-74(103)83-63(107-41-86)20-21-64(91)92/h4-9,13-16,23,26,33-36,40-41,45-46,51-54,63H,2-3,10-12,17-22,24-25,27-32,37-39,42,76H2,1H3,(H,78,89)(H,79,96)(H,80,90)(H,81,97)(H,91,92)(H,93,94)(H,99,100)(H,101,102)(H2,82,83,103)/t45-,46-,51+,52-,53+,54+,63+/m1/s1. The van der Waals surface area contributed by atoms with Crippen LogP contribution >= 0.6 is 21.6 Å². The van der Waals surface area contributed by atoms with Crippen molar-refractivity contribution in [2.24, 2.45) is 17.6 Å². The number of methoxy groups -OCH3 is 1. The lowest BCUT2D eigenvalue weighted by Gasteiger charge is -2.23. The average molecular weight is 1590 g/mol. The van der Waals surface area contributed by atoms with E-state index in [0.29, 0.717) is 78.1 Å². The number of hydrogen-bond acceptors (Lipinski definition) is 25. The first-order valence-corrected chi connectivity index (χ1v) is 38.2. The van der Waals surface area contributed by atoms with Crippen molar-refractivity contribution in [3.8, 4) is 34.3 Å². The van der Waals surface area contributed by atoms with Crippen LogP contribution in [-0.2, 0) is 88.1 Å². The van der Waals surface area contributed by atoms with Gasteiger partial charge in [0.2, 0.25) is 30.4 Å². The number of carboxylic acids is 4. The Bertz CT molecular complexity index is 4450. The van der Waals surface area contributed by atoms with E-state index in [1.165, 1.54) is 23.8 Å². The lowest BCUT2D eigenvalue weighted by Crippen LogP contribution is -2.53. The largest absolute Gasteiger partial charge is 0.514 e. The number of carboxylic acid groups (broad SMARTS) is 4. The predicted octanol–water partition coefficient (Wildman–Crippen LogP) is 4.71. The fourth-order valence-electron chi connectivity index (χ4n) is 12.3. The van der Waals surface area contributed by atoms with E-state index in [4.69, 9.17) is 34.5 Å². The average Bonchev–Trinajstić information content (AvgIpc) is 1.54. The number of carbonyl (C=O) groups excluding carboxylic acids is 10. The third kappa shape index (κ3) is 25.6. The van der Waals surface area contributed by atoms with Crippen molar-refractivity contribution in [2.75, 3.05) is 45.1 Å². The van der Waals surface area contributed by atoms with Crippen molar-refractivity contribution in [3.63, 3.8) is 0 Å². The van der Waals surface area contributed by atoms with Crippen molar-refractivity contribution in [3.05, 3.63) is 136 Å². The fraction of sp³-hybridized carbons (Fsp3) is 0.413. The molecule has 4 aromatic carbocycles. The Kier molecular flexibility index (Phi) is 32.9. The maximum absolute atomic E-state index is 14.5. The first-order valence-electron chi connectivity index (χ1n) is 35.7. The molecule has 3 heterocycles. The second-order valence-corrected chi connectivity index (χ2v) is 28.7. The molecule has 0 bridgehead atoms. The van der Waals surface area contributed by atoms with Gasteiger partial charge in [0.05, 0.1) is 60.9 Å². The second-order valence-electron chi connectivity index (χ2n) is 26.1. The van der Waals surface area contributed by atoms with Crippen LogP contribution in [0.2, 0.25) is 0 Å². The SMILES string of the molecule is COc1cc2c3c(n(CCCn4ccnc4)c(=O)c2cc1OC(=O)OCCSSC[C@@H](CC(=O)[C@H](CC(=O)O)NC(=O)[C@@H](N)CNC(=O)[C@@H](CC(=O)[C@H](Cc1ccccc1)NC(=O)CCCCCCNC(=O)CC[C@@H](NC(=O)N[C@H](CCC(=O)O)OC=O)C(=O)O)Cc1ccccc1)C(=O)O)-c1cc2c(cc1C3=O)OCO2. The van der Waals surface area contributed by atoms with E-state index in [0.717, 1.165) is 21.6 Å². The first-order chi connectivity index (χ1) is 53.8. The van der Waals surface area contributed by atoms with Gasteiger partial charge in [0.1, 0.15) is 18.7 Å². The fourth-order valence-corrected chi connectivity index (χ4v) is 14.4. The molecule has 1 aliphatic heterocycles. The van der Waals surface area contributed by atoms with Gasteiger partial charge in [-0.2, -0.15) is 0 Å². The highest BCUT2D eigenvalue weighted by molar-refractivity contribution is 8.76. The molecule has 37 heteroatoms. The molecular weight excluding hydrogens is 1510 g/mol. The van der Waals surface area contributed by atoms with E-state index in [9.17, 15) is 87.2 Å². The summed E-state index contributed by atoms with van der Waals surface area (Å²) in [5, 5.41) is 53.4. The van der Waals surface area contributed by atoms with Crippen LogP contribution < -0.4 is 62.1 Å². The highest BCUT2D eigenvalue weighted by atomic mass is 33.1. The molecule has 0 spiro atoms. The summed E-state index contributed by atoms with van der Waals surface area (Å²) in [5.41, 5.74) is 8.49. The molecule has 6 amide bonds. The number of pyridine rings is 1. The molecule has 1 aliphatic carbocycles. The summed E-state index contributed by atoms with van der Waals surface area (Å²) < 4.78 is 35.6. The molecule has 7 atom stereocenters. The van der Waals surface area contributed by atoms with Gasteiger partial charge in [-0.15, -0.1) is 0 Å². The zero-order chi connectivity index (χ0) is 80.8. The number of imidazole rings is 1. The molecule has 0 saturated carbocycles. The molecule has 12 N–H and O–H groups in total. The van der Waals surface area contributed by atoms with Gasteiger partial charge < -0.3 is 95.6 Å². The van der Waals surface area contributed by atoms with Gasteiger partial charge >= 0.3 is 36.1 Å². The Morgan fingerprint density at radius 2 is 1.33 bits per heavy atom. The topological polar surface area (TPSA) is 513 Å². The summed E-state index contributed by atoms with van der Waals surface area (Å²) in [6.45, 7) is 0.00873. The lowest BCUT2D eigenvalue weighted by atomic mass is 9.89. The monoisotopic (exact) mass is 1590 g/mol. The number of ether oxygens (including phenoxy) is 6. The van der Waals surface area contributed by atoms with Crippen molar-refractivity contribution in [2.45, 2.75) is 140 Å². The molecule has 8 rings (SSSR count). The highest BCUT2D eigenvalue weighted by Crippen LogP contribution is 2.47. The summed E-state index contributed by atoms with van der Waals surface area (Å²) in [6, 6.07) is 16.4. The number of nitrogens with two attached hydrogens (primary N) is 1. The maximum Gasteiger partial charge on any atom is 0.514 e. The van der Waals surface area contributed by atoms with Crippen LogP contribution in [0.5, 0.6) is 23.0 Å². The minimum atomic E-state index is -1.76. The van der Waals surface area contributed by atoms with Gasteiger partial charge in [0, 0.05) is 105 Å². The number of aliphatic carboxylic acids is 4. The number of ketones is 3. The van der Waals surface area contributed by atoms with Crippen molar-refractivity contribution >= 4 is 116 Å². The van der Waals surface area contributed by atoms with E-state index in [-0.39, 0.29) is 117 Å². The number of unbranched alkanes of at least 4 members (excludes halogenated alkanes) is 3. The normalized spacial score (nSPS) is 13.6. The minimum absolute atomic E-state index is 0.00622. The lowest BCUT2D eigenvalue weighted by molar-refractivity contribution is -0.144. The van der Waals surface area contributed by atoms with E-state index < -0.39 is 151 Å². The molecule has 0 unspecified atom stereocenters. The number of Topliss-reactive ketones (excluding diaryl/α,β-unsaturated/α-hetero) is 2. The van der Waals surface area contributed by atoms with Crippen molar-refractivity contribution < 1.29 is 116 Å². The van der Waals surface area contributed by atoms with Gasteiger partial charge in [0.25, 0.3) is 12.0 Å². The molecule has 6 aromatic rings. The van der Waals surface area contributed by atoms with Crippen LogP contribution in [0, 0.1) is 11.8 Å². The molecule has 0 saturated heterocycles. The highest BCUT2D eigenvalue weighted by Gasteiger charge is 2.38. The van der Waals surface area contributed by atoms with E-state index in [1.54, 1.807) is 91.5 Å². The third-order valence-corrected chi connectivity index (χ3v) is 20.4. The van der Waals surface area contributed by atoms with Gasteiger partial charge in [-0.1, -0.05) is 95.1 Å². The number of hydrogen-bond donors (Lipinski definition) is 11. The van der Waals surface area contributed by atoms with Crippen molar-refractivity contribution in [1.29, 1.82) is 0 Å². The summed E-state index contributed by atoms with van der Waals surface area (Å²) in [4.78, 5) is 198. The molecule has 0 fully saturated rings. The number of rotatable bonds is 49. The molecule has 2 aromatic heterocycles. The smallest absolute Gasteiger partial charge is 0.493 e. The van der Waals surface area contributed by atoms with Crippen LogP contribution in [0.15, 0.2) is 108 Å². The second kappa shape index (κ2) is 42.9. The molecule has 35 nitrogen and oxygen atoms in total. The predicted molar refractivity (Wildman–Crippen MR) is 401 cm³/mol. The summed E-state index contributed by atoms with van der Waals surface area (Å²) in [6.07, 6.45) is 1.60. The molecular formula is C75H86N10O25S2. The third-order valence-electron chi connectivity index (χ3n) is 18.0. The Morgan fingerprint density at radius 3 is 1.99 bits per heavy atom. The van der Waals surface area contributed by atoms with Crippen LogP contribution in [0.4, 0.5) is 9.59 Å². The molecule has 598 valence electrons. The Labute approximate surface area is 647 Å². The number of fused-ring (bicyclic) bond motifs is 6. The number of nitrogens with zero attached hydrogens (tertiary/aromatic N) is 3. The summed E-state index contributed by atoms with van der Waals surface area (Å²) in [7, 11) is 3.37. The van der Waals surface area contributed by atoms with Gasteiger partial charge in [-0.25, -0.2) is 19.4 Å². The minimum Gasteiger partial charge on any atom is -0.493 e. The Morgan fingerprint density at radius 1 is 0.652 bits per heavy atom. The molecule has 0 radical (unpaired) electrons. The van der Waals surface area contributed by atoms with Crippen LogP contribution in [0.3, 0.4) is 0 Å². The Hall–Kier alpha value is -11.9. The van der Waals surface area contributed by atoms with Gasteiger partial charge in [0.15, 0.2) is 46.6 Å². The number of nitrogens with one attached hydrogen (secondary N) is 6. The van der Waals surface area contributed by atoms with Gasteiger partial charge in [-0.3, -0.25) is 57.5 Å². The first kappa shape index (κ1) is 85.7.